The van der Waals surface area contributed by atoms with Gasteiger partial charge in [0, 0.05) is 12.5 Å². The summed E-state index contributed by atoms with van der Waals surface area (Å²) in [6.07, 6.45) is 0.377. The topological polar surface area (TPSA) is 93.5 Å². The van der Waals surface area contributed by atoms with Crippen molar-refractivity contribution in [2.75, 3.05) is 0 Å². The Hall–Kier alpha value is -1.66. The Morgan fingerprint density at radius 3 is 3.00 bits per heavy atom. The summed E-state index contributed by atoms with van der Waals surface area (Å²) in [5, 5.41) is 8.57. The van der Waals surface area contributed by atoms with Crippen molar-refractivity contribution in [3.63, 3.8) is 0 Å². The number of hydrogen-bond acceptors (Lipinski definition) is 5. The van der Waals surface area contributed by atoms with Gasteiger partial charge in [-0.05, 0) is 24.1 Å². The van der Waals surface area contributed by atoms with E-state index < -0.39 is 5.97 Å². The summed E-state index contributed by atoms with van der Waals surface area (Å²) in [5.74, 6) is -0.872. The molecule has 0 saturated heterocycles. The van der Waals surface area contributed by atoms with Gasteiger partial charge in [0.15, 0.2) is 0 Å². The number of carbonyl (C=O) groups is 1. The zero-order valence-corrected chi connectivity index (χ0v) is 9.70. The van der Waals surface area contributed by atoms with Crippen LogP contribution >= 0.6 is 11.3 Å². The number of rotatable bonds is 4. The van der Waals surface area contributed by atoms with Crippen LogP contribution in [0.4, 0.5) is 0 Å². The molecule has 17 heavy (non-hydrogen) atoms. The lowest BCUT2D eigenvalue weighted by Gasteiger charge is -2.09. The molecule has 0 saturated carbocycles. The first-order chi connectivity index (χ1) is 8.06. The molecule has 90 valence electrons. The van der Waals surface area contributed by atoms with Crippen LogP contribution in [0.25, 0.3) is 10.3 Å². The van der Waals surface area contributed by atoms with Crippen LogP contribution in [0.3, 0.4) is 0 Å². The average molecular weight is 253 g/mol. The van der Waals surface area contributed by atoms with Crippen molar-refractivity contribution >= 4 is 27.6 Å². The number of carboxylic acid groups (broad SMARTS) is 1. The van der Waals surface area contributed by atoms with Crippen LogP contribution in [0, 0.1) is 0 Å². The van der Waals surface area contributed by atoms with Gasteiger partial charge in [0.25, 0.3) is 0 Å². The molecular formula is C11H11NO4S. The standard InChI is InChI=1S/C11H11NO4S/c12-7(2-4-10(13)14)6-1-3-9-8(5-6)16-11(15)17-9/h1,3,5,7H,2,4,12H2,(H,13,14). The van der Waals surface area contributed by atoms with Crippen LogP contribution in [0.2, 0.25) is 0 Å². The molecule has 5 nitrogen and oxygen atoms in total. The highest BCUT2D eigenvalue weighted by atomic mass is 32.1. The Kier molecular flexibility index (Phi) is 3.26. The molecule has 3 N–H and O–H groups in total. The number of aliphatic carboxylic acids is 1. The maximum atomic E-state index is 11.0. The van der Waals surface area contributed by atoms with Crippen LogP contribution in [0.5, 0.6) is 0 Å². The normalized spacial score (nSPS) is 12.8. The van der Waals surface area contributed by atoms with E-state index in [1.807, 2.05) is 0 Å². The predicted octanol–water partition coefficient (Wildman–Crippen LogP) is 1.72. The fourth-order valence-electron chi connectivity index (χ4n) is 1.57. The fraction of sp³-hybridized carbons (Fsp3) is 0.273. The van der Waals surface area contributed by atoms with Crippen LogP contribution in [-0.4, -0.2) is 11.1 Å². The summed E-state index contributed by atoms with van der Waals surface area (Å²) >= 11 is 1.03. The molecule has 6 heteroatoms. The van der Waals surface area contributed by atoms with Gasteiger partial charge >= 0.3 is 10.9 Å². The molecule has 1 atom stereocenters. The van der Waals surface area contributed by atoms with E-state index in [-0.39, 0.29) is 17.4 Å². The number of carboxylic acids is 1. The van der Waals surface area contributed by atoms with Crippen LogP contribution in [0.15, 0.2) is 27.4 Å². The number of hydrogen-bond donors (Lipinski definition) is 2. The van der Waals surface area contributed by atoms with Gasteiger partial charge in [-0.1, -0.05) is 17.4 Å². The highest BCUT2D eigenvalue weighted by Crippen LogP contribution is 2.23. The lowest BCUT2D eigenvalue weighted by molar-refractivity contribution is -0.137. The molecule has 0 aliphatic rings. The molecule has 0 aliphatic carbocycles. The molecule has 1 heterocycles. The summed E-state index contributed by atoms with van der Waals surface area (Å²) < 4.78 is 5.74. The number of benzene rings is 1. The van der Waals surface area contributed by atoms with Gasteiger partial charge in [-0.3, -0.25) is 4.79 Å². The van der Waals surface area contributed by atoms with Gasteiger partial charge in [-0.25, -0.2) is 4.79 Å². The SMILES string of the molecule is NC(CCC(=O)O)c1ccc2sc(=O)oc2c1. The maximum Gasteiger partial charge on any atom is 0.396 e. The Morgan fingerprint density at radius 1 is 1.53 bits per heavy atom. The number of nitrogens with two attached hydrogens (primary N) is 1. The monoisotopic (exact) mass is 253 g/mol. The Bertz CT molecular complexity index is 601. The summed E-state index contributed by atoms with van der Waals surface area (Å²) in [6, 6.07) is 4.89. The van der Waals surface area contributed by atoms with Crippen LogP contribution in [-0.2, 0) is 4.79 Å². The lowest BCUT2D eigenvalue weighted by atomic mass is 10.0. The molecule has 0 amide bonds. The molecule has 2 rings (SSSR count). The molecule has 1 aromatic heterocycles. The molecule has 2 aromatic rings. The minimum absolute atomic E-state index is 0.0206. The molecule has 0 radical (unpaired) electrons. The minimum atomic E-state index is -0.872. The Morgan fingerprint density at radius 2 is 2.29 bits per heavy atom. The fourth-order valence-corrected chi connectivity index (χ4v) is 2.21. The second kappa shape index (κ2) is 4.68. The van der Waals surface area contributed by atoms with Crippen molar-refractivity contribution in [1.29, 1.82) is 0 Å². The van der Waals surface area contributed by atoms with E-state index >= 15 is 0 Å². The van der Waals surface area contributed by atoms with E-state index in [1.165, 1.54) is 0 Å². The van der Waals surface area contributed by atoms with Crippen LogP contribution < -0.4 is 10.7 Å². The number of fused-ring (bicyclic) bond motifs is 1. The first-order valence-electron chi connectivity index (χ1n) is 5.07. The van der Waals surface area contributed by atoms with Gasteiger partial charge in [0.2, 0.25) is 0 Å². The van der Waals surface area contributed by atoms with Crippen molar-refractivity contribution in [1.82, 2.24) is 0 Å². The summed E-state index contributed by atoms with van der Waals surface area (Å²) in [5.41, 5.74) is 7.14. The van der Waals surface area contributed by atoms with Crippen molar-refractivity contribution in [3.05, 3.63) is 33.5 Å². The van der Waals surface area contributed by atoms with E-state index in [4.69, 9.17) is 15.3 Å². The molecule has 0 aliphatic heterocycles. The third-order valence-corrected chi connectivity index (χ3v) is 3.26. The van der Waals surface area contributed by atoms with Gasteiger partial charge in [-0.15, -0.1) is 0 Å². The Balaban J connectivity index is 2.23. The van der Waals surface area contributed by atoms with Crippen molar-refractivity contribution < 1.29 is 14.3 Å². The smallest absolute Gasteiger partial charge is 0.396 e. The summed E-state index contributed by atoms with van der Waals surface area (Å²) in [6.45, 7) is 0. The molecule has 0 spiro atoms. The largest absolute Gasteiger partial charge is 0.481 e. The molecule has 1 unspecified atom stereocenters. The maximum absolute atomic E-state index is 11.0. The van der Waals surface area contributed by atoms with Gasteiger partial charge in [-0.2, -0.15) is 0 Å². The zero-order valence-electron chi connectivity index (χ0n) is 8.88. The summed E-state index contributed by atoms with van der Waals surface area (Å²) in [4.78, 5) is 21.1. The second-order valence-electron chi connectivity index (χ2n) is 3.70. The van der Waals surface area contributed by atoms with Gasteiger partial charge in [0.05, 0.1) is 4.70 Å². The lowest BCUT2D eigenvalue weighted by Crippen LogP contribution is -2.12. The molecule has 0 fully saturated rings. The summed E-state index contributed by atoms with van der Waals surface area (Å²) in [7, 11) is 0. The third-order valence-electron chi connectivity index (χ3n) is 2.45. The Labute approximate surface area is 100 Å². The third kappa shape index (κ3) is 2.72. The molecule has 1 aromatic carbocycles. The van der Waals surface area contributed by atoms with E-state index in [9.17, 15) is 9.59 Å². The quantitative estimate of drug-likeness (QED) is 0.865. The van der Waals surface area contributed by atoms with Crippen molar-refractivity contribution in [2.24, 2.45) is 5.73 Å². The van der Waals surface area contributed by atoms with Crippen molar-refractivity contribution in [3.8, 4) is 0 Å². The van der Waals surface area contributed by atoms with E-state index in [0.717, 1.165) is 21.6 Å². The molecular weight excluding hydrogens is 242 g/mol. The van der Waals surface area contributed by atoms with Gasteiger partial charge < -0.3 is 15.3 Å². The van der Waals surface area contributed by atoms with Crippen molar-refractivity contribution in [2.45, 2.75) is 18.9 Å². The van der Waals surface area contributed by atoms with Crippen LogP contribution in [0.1, 0.15) is 24.4 Å². The van der Waals surface area contributed by atoms with Gasteiger partial charge in [0.1, 0.15) is 5.58 Å². The highest BCUT2D eigenvalue weighted by molar-refractivity contribution is 7.16. The van der Waals surface area contributed by atoms with E-state index in [1.54, 1.807) is 18.2 Å². The first kappa shape index (κ1) is 11.8. The second-order valence-corrected chi connectivity index (χ2v) is 4.68. The zero-order chi connectivity index (χ0) is 12.4. The highest BCUT2D eigenvalue weighted by Gasteiger charge is 2.10. The predicted molar refractivity (Wildman–Crippen MR) is 64.2 cm³/mol. The minimum Gasteiger partial charge on any atom is -0.481 e. The molecule has 0 bridgehead atoms. The van der Waals surface area contributed by atoms with E-state index in [0.29, 0.717) is 12.0 Å². The first-order valence-corrected chi connectivity index (χ1v) is 5.89. The van der Waals surface area contributed by atoms with E-state index in [2.05, 4.69) is 0 Å². The average Bonchev–Trinajstić information content (AvgIpc) is 2.64.